The Bertz CT molecular complexity index is 221. The predicted octanol–water partition coefficient (Wildman–Crippen LogP) is 1.89. The summed E-state index contributed by atoms with van der Waals surface area (Å²) in [4.78, 5) is 5.02. The maximum Gasteiger partial charge on any atom is 0.0861 e. The molecule has 64 valence electrons. The van der Waals surface area contributed by atoms with E-state index in [4.69, 9.17) is 4.84 Å². The zero-order chi connectivity index (χ0) is 8.65. The third kappa shape index (κ3) is 3.32. The van der Waals surface area contributed by atoms with Crippen LogP contribution < -0.4 is 5.48 Å². The van der Waals surface area contributed by atoms with Gasteiger partial charge in [0.25, 0.3) is 0 Å². The lowest BCUT2D eigenvalue weighted by Gasteiger charge is -2.02. The minimum atomic E-state index is 0.535. The number of hydroxylamine groups is 1. The van der Waals surface area contributed by atoms with Gasteiger partial charge >= 0.3 is 0 Å². The molecule has 0 saturated carbocycles. The van der Waals surface area contributed by atoms with Gasteiger partial charge in [0.2, 0.25) is 0 Å². The van der Waals surface area contributed by atoms with Crippen molar-refractivity contribution in [2.24, 2.45) is 0 Å². The molecule has 0 aromatic heterocycles. The SMILES string of the molecule is C=CCONCc1ccccc1. The summed E-state index contributed by atoms with van der Waals surface area (Å²) < 4.78 is 0. The van der Waals surface area contributed by atoms with Crippen molar-refractivity contribution in [3.05, 3.63) is 48.6 Å². The van der Waals surface area contributed by atoms with Crippen molar-refractivity contribution in [1.29, 1.82) is 0 Å². The van der Waals surface area contributed by atoms with E-state index in [-0.39, 0.29) is 0 Å². The monoisotopic (exact) mass is 163 g/mol. The fourth-order valence-electron chi connectivity index (χ4n) is 0.848. The van der Waals surface area contributed by atoms with Crippen molar-refractivity contribution in [2.45, 2.75) is 6.54 Å². The van der Waals surface area contributed by atoms with Crippen molar-refractivity contribution in [3.63, 3.8) is 0 Å². The van der Waals surface area contributed by atoms with Gasteiger partial charge in [0.1, 0.15) is 0 Å². The van der Waals surface area contributed by atoms with Crippen LogP contribution in [0.25, 0.3) is 0 Å². The molecule has 0 bridgehead atoms. The van der Waals surface area contributed by atoms with E-state index in [1.54, 1.807) is 6.08 Å². The van der Waals surface area contributed by atoms with E-state index in [9.17, 15) is 0 Å². The van der Waals surface area contributed by atoms with Gasteiger partial charge in [0, 0.05) is 6.54 Å². The number of benzene rings is 1. The first-order valence-electron chi connectivity index (χ1n) is 3.93. The lowest BCUT2D eigenvalue weighted by atomic mass is 10.2. The highest BCUT2D eigenvalue weighted by atomic mass is 16.6. The molecule has 1 N–H and O–H groups in total. The van der Waals surface area contributed by atoms with Gasteiger partial charge in [-0.2, -0.15) is 5.48 Å². The van der Waals surface area contributed by atoms with Gasteiger partial charge in [-0.1, -0.05) is 36.4 Å². The first-order valence-corrected chi connectivity index (χ1v) is 3.93. The van der Waals surface area contributed by atoms with Crippen molar-refractivity contribution in [1.82, 2.24) is 5.48 Å². The summed E-state index contributed by atoms with van der Waals surface area (Å²) in [5.74, 6) is 0. The standard InChI is InChI=1S/C10H13NO/c1-2-8-12-11-9-10-6-4-3-5-7-10/h2-7,11H,1,8-9H2. The van der Waals surface area contributed by atoms with Gasteiger partial charge in [0.05, 0.1) is 6.61 Å². The van der Waals surface area contributed by atoms with Gasteiger partial charge in [0.15, 0.2) is 0 Å². The Morgan fingerprint density at radius 3 is 2.75 bits per heavy atom. The largest absolute Gasteiger partial charge is 0.297 e. The van der Waals surface area contributed by atoms with Crippen LogP contribution in [0.4, 0.5) is 0 Å². The molecule has 0 aliphatic rings. The van der Waals surface area contributed by atoms with E-state index in [0.717, 1.165) is 6.54 Å². The van der Waals surface area contributed by atoms with Crippen LogP contribution >= 0.6 is 0 Å². The van der Waals surface area contributed by atoms with Crippen molar-refractivity contribution < 1.29 is 4.84 Å². The number of rotatable bonds is 5. The van der Waals surface area contributed by atoms with E-state index >= 15 is 0 Å². The second kappa shape index (κ2) is 5.52. The molecule has 1 rings (SSSR count). The Morgan fingerprint density at radius 1 is 1.33 bits per heavy atom. The van der Waals surface area contributed by atoms with E-state index in [1.807, 2.05) is 30.3 Å². The van der Waals surface area contributed by atoms with Crippen LogP contribution in [0.3, 0.4) is 0 Å². The predicted molar refractivity (Wildman–Crippen MR) is 49.4 cm³/mol. The molecule has 1 aromatic carbocycles. The Kier molecular flexibility index (Phi) is 4.13. The molecule has 12 heavy (non-hydrogen) atoms. The summed E-state index contributed by atoms with van der Waals surface area (Å²) in [5, 5.41) is 0. The number of hydrogen-bond donors (Lipinski definition) is 1. The third-order valence-corrected chi connectivity index (χ3v) is 1.42. The fourth-order valence-corrected chi connectivity index (χ4v) is 0.848. The topological polar surface area (TPSA) is 21.3 Å². The minimum absolute atomic E-state index is 0.535. The first-order chi connectivity index (χ1) is 5.93. The molecule has 1 aromatic rings. The van der Waals surface area contributed by atoms with Crippen LogP contribution in [0.1, 0.15) is 5.56 Å². The van der Waals surface area contributed by atoms with Crippen LogP contribution in [0.5, 0.6) is 0 Å². The lowest BCUT2D eigenvalue weighted by Crippen LogP contribution is -2.13. The summed E-state index contributed by atoms with van der Waals surface area (Å²) in [6.45, 7) is 4.81. The molecule has 0 heterocycles. The van der Waals surface area contributed by atoms with E-state index in [2.05, 4.69) is 12.1 Å². The third-order valence-electron chi connectivity index (χ3n) is 1.42. The lowest BCUT2D eigenvalue weighted by molar-refractivity contribution is 0.0579. The van der Waals surface area contributed by atoms with Crippen molar-refractivity contribution in [2.75, 3.05) is 6.61 Å². The number of hydrogen-bond acceptors (Lipinski definition) is 2. The molecule has 0 aliphatic carbocycles. The minimum Gasteiger partial charge on any atom is -0.297 e. The first kappa shape index (κ1) is 8.97. The molecule has 2 heteroatoms. The van der Waals surface area contributed by atoms with Gasteiger partial charge in [-0.15, -0.1) is 6.58 Å². The molecular weight excluding hydrogens is 150 g/mol. The zero-order valence-electron chi connectivity index (χ0n) is 6.99. The highest BCUT2D eigenvalue weighted by Gasteiger charge is 1.88. The average Bonchev–Trinajstić information content (AvgIpc) is 2.14. The Balaban J connectivity index is 2.20. The van der Waals surface area contributed by atoms with Crippen molar-refractivity contribution >= 4 is 0 Å². The summed E-state index contributed by atoms with van der Waals surface area (Å²) >= 11 is 0. The van der Waals surface area contributed by atoms with E-state index < -0.39 is 0 Å². The molecule has 2 nitrogen and oxygen atoms in total. The molecular formula is C10H13NO. The van der Waals surface area contributed by atoms with E-state index in [0.29, 0.717) is 6.61 Å². The molecule has 0 saturated heterocycles. The maximum absolute atomic E-state index is 5.02. The van der Waals surface area contributed by atoms with Crippen LogP contribution in [0.15, 0.2) is 43.0 Å². The van der Waals surface area contributed by atoms with E-state index in [1.165, 1.54) is 5.56 Å². The molecule has 0 aliphatic heterocycles. The number of nitrogens with one attached hydrogen (secondary N) is 1. The van der Waals surface area contributed by atoms with Gasteiger partial charge < -0.3 is 0 Å². The van der Waals surface area contributed by atoms with Gasteiger partial charge in [-0.3, -0.25) is 4.84 Å². The summed E-state index contributed by atoms with van der Waals surface area (Å²) in [6, 6.07) is 10.1. The second-order valence-corrected chi connectivity index (χ2v) is 2.41. The van der Waals surface area contributed by atoms with Crippen LogP contribution in [0, 0.1) is 0 Å². The van der Waals surface area contributed by atoms with Gasteiger partial charge in [-0.05, 0) is 5.56 Å². The molecule has 0 amide bonds. The summed E-state index contributed by atoms with van der Waals surface area (Å²) in [5.41, 5.74) is 4.04. The molecule has 0 atom stereocenters. The normalized spacial score (nSPS) is 9.67. The Hall–Kier alpha value is -1.12. The van der Waals surface area contributed by atoms with Crippen molar-refractivity contribution in [3.8, 4) is 0 Å². The fraction of sp³-hybridized carbons (Fsp3) is 0.200. The second-order valence-electron chi connectivity index (χ2n) is 2.41. The molecule has 0 unspecified atom stereocenters. The van der Waals surface area contributed by atoms with Crippen LogP contribution in [-0.4, -0.2) is 6.61 Å². The average molecular weight is 163 g/mol. The van der Waals surface area contributed by atoms with Crippen LogP contribution in [-0.2, 0) is 11.4 Å². The highest BCUT2D eigenvalue weighted by Crippen LogP contribution is 1.96. The Labute approximate surface area is 72.8 Å². The zero-order valence-corrected chi connectivity index (χ0v) is 6.99. The quantitative estimate of drug-likeness (QED) is 0.406. The summed E-state index contributed by atoms with van der Waals surface area (Å²) in [7, 11) is 0. The van der Waals surface area contributed by atoms with Gasteiger partial charge in [-0.25, -0.2) is 0 Å². The molecule has 0 spiro atoms. The highest BCUT2D eigenvalue weighted by molar-refractivity contribution is 5.13. The smallest absolute Gasteiger partial charge is 0.0861 e. The molecule has 0 radical (unpaired) electrons. The Morgan fingerprint density at radius 2 is 2.08 bits per heavy atom. The van der Waals surface area contributed by atoms with Crippen LogP contribution in [0.2, 0.25) is 0 Å². The maximum atomic E-state index is 5.02. The molecule has 0 fully saturated rings. The summed E-state index contributed by atoms with van der Waals surface area (Å²) in [6.07, 6.45) is 1.71.